The molecule has 2 aromatic rings. The molecule has 1 amide bonds. The maximum Gasteiger partial charge on any atom is 0.341 e. The number of amides is 1. The number of nitrogens with zero attached hydrogens (tertiary/aromatic N) is 3. The SMILES string of the molecule is CN1CCn2c(Cl)ccc2C12CCN(C(=O)c1ccc(S(=O)(=O)C(F)F)cc1)CC2. The Morgan fingerprint density at radius 2 is 1.67 bits per heavy atom. The van der Waals surface area contributed by atoms with Gasteiger partial charge >= 0.3 is 5.76 Å². The van der Waals surface area contributed by atoms with Crippen molar-refractivity contribution in [1.82, 2.24) is 14.4 Å². The number of hydrogen-bond acceptors (Lipinski definition) is 4. The Morgan fingerprint density at radius 3 is 2.27 bits per heavy atom. The molecule has 4 rings (SSSR count). The maximum atomic E-state index is 12.9. The van der Waals surface area contributed by atoms with Crippen molar-refractivity contribution in [3.8, 4) is 0 Å². The molecule has 2 aliphatic heterocycles. The molecule has 0 aliphatic carbocycles. The van der Waals surface area contributed by atoms with E-state index >= 15 is 0 Å². The van der Waals surface area contributed by atoms with Gasteiger partial charge in [0.05, 0.1) is 10.4 Å². The van der Waals surface area contributed by atoms with E-state index in [1.807, 2.05) is 6.07 Å². The molecule has 0 atom stereocenters. The lowest BCUT2D eigenvalue weighted by Gasteiger charge is -2.50. The third kappa shape index (κ3) is 3.33. The summed E-state index contributed by atoms with van der Waals surface area (Å²) in [5.41, 5.74) is 1.26. The van der Waals surface area contributed by atoms with Gasteiger partial charge in [-0.05, 0) is 56.3 Å². The normalized spacial score (nSPS) is 19.3. The second-order valence-electron chi connectivity index (χ2n) is 7.77. The summed E-state index contributed by atoms with van der Waals surface area (Å²) in [4.78, 5) is 16.4. The number of fused-ring (bicyclic) bond motifs is 2. The van der Waals surface area contributed by atoms with Crippen LogP contribution in [0.5, 0.6) is 0 Å². The van der Waals surface area contributed by atoms with Gasteiger partial charge in [0.25, 0.3) is 5.91 Å². The number of likely N-dealkylation sites (N-methyl/N-ethyl adjacent to an activating group) is 1. The minimum atomic E-state index is -4.67. The van der Waals surface area contributed by atoms with Crippen molar-refractivity contribution in [3.05, 3.63) is 52.8 Å². The molecule has 0 N–H and O–H groups in total. The Morgan fingerprint density at radius 1 is 1.03 bits per heavy atom. The second-order valence-corrected chi connectivity index (χ2v) is 10.1. The molecule has 6 nitrogen and oxygen atoms in total. The van der Waals surface area contributed by atoms with Crippen molar-refractivity contribution < 1.29 is 22.0 Å². The van der Waals surface area contributed by atoms with Crippen LogP contribution in [0.15, 0.2) is 41.3 Å². The van der Waals surface area contributed by atoms with E-state index in [1.54, 1.807) is 4.90 Å². The van der Waals surface area contributed by atoms with E-state index in [2.05, 4.69) is 22.6 Å². The first-order valence-corrected chi connectivity index (χ1v) is 11.6. The van der Waals surface area contributed by atoms with Gasteiger partial charge in [-0.15, -0.1) is 0 Å². The van der Waals surface area contributed by atoms with Crippen molar-refractivity contribution in [2.45, 2.75) is 35.6 Å². The average molecular weight is 458 g/mol. The Bertz CT molecular complexity index is 1060. The monoisotopic (exact) mass is 457 g/mol. The highest BCUT2D eigenvalue weighted by atomic mass is 35.5. The highest BCUT2D eigenvalue weighted by molar-refractivity contribution is 7.91. The fraction of sp³-hybridized carbons (Fsp3) is 0.450. The minimum absolute atomic E-state index is 0.183. The number of benzene rings is 1. The number of aromatic nitrogens is 1. The fourth-order valence-electron chi connectivity index (χ4n) is 4.53. The van der Waals surface area contributed by atoms with Crippen LogP contribution in [0.4, 0.5) is 8.78 Å². The summed E-state index contributed by atoms with van der Waals surface area (Å²) in [6, 6.07) is 8.66. The minimum Gasteiger partial charge on any atom is -0.338 e. The van der Waals surface area contributed by atoms with Crippen LogP contribution in [0, 0.1) is 0 Å². The summed E-state index contributed by atoms with van der Waals surface area (Å²) in [6.07, 6.45) is 1.49. The van der Waals surface area contributed by atoms with Crippen molar-refractivity contribution in [3.63, 3.8) is 0 Å². The Kier molecular flexibility index (Phi) is 5.40. The summed E-state index contributed by atoms with van der Waals surface area (Å²) in [7, 11) is -2.58. The van der Waals surface area contributed by atoms with Crippen LogP contribution in [0.2, 0.25) is 5.15 Å². The molecule has 1 spiro atoms. The molecule has 1 saturated heterocycles. The van der Waals surface area contributed by atoms with Crippen LogP contribution >= 0.6 is 11.6 Å². The first kappa shape index (κ1) is 21.3. The van der Waals surface area contributed by atoms with E-state index in [-0.39, 0.29) is 17.0 Å². The lowest BCUT2D eigenvalue weighted by atomic mass is 9.81. The molecule has 10 heteroatoms. The highest BCUT2D eigenvalue weighted by Crippen LogP contribution is 2.42. The van der Waals surface area contributed by atoms with Gasteiger partial charge in [-0.1, -0.05) is 11.6 Å². The summed E-state index contributed by atoms with van der Waals surface area (Å²) in [6.45, 7) is 2.76. The van der Waals surface area contributed by atoms with Crippen LogP contribution in [0.1, 0.15) is 28.9 Å². The van der Waals surface area contributed by atoms with Crippen LogP contribution in [-0.4, -0.2) is 61.1 Å². The molecule has 0 bridgehead atoms. The number of likely N-dealkylation sites (tertiary alicyclic amines) is 1. The molecular formula is C20H22ClF2N3O3S. The van der Waals surface area contributed by atoms with Crippen LogP contribution in [0.25, 0.3) is 0 Å². The standard InChI is InChI=1S/C20H22ClF2N3O3S/c1-24-12-13-26-16(6-7-17(26)21)20(24)8-10-25(11-9-20)18(27)14-2-4-15(5-3-14)30(28,29)19(22)23/h2-7,19H,8-13H2,1H3. The van der Waals surface area contributed by atoms with Gasteiger partial charge in [0.2, 0.25) is 9.84 Å². The van der Waals surface area contributed by atoms with Gasteiger partial charge in [0.1, 0.15) is 5.15 Å². The van der Waals surface area contributed by atoms with E-state index in [0.717, 1.165) is 48.9 Å². The molecule has 30 heavy (non-hydrogen) atoms. The summed E-state index contributed by atoms with van der Waals surface area (Å²) < 4.78 is 50.6. The predicted octanol–water partition coefficient (Wildman–Crippen LogP) is 3.21. The molecule has 3 heterocycles. The molecule has 0 unspecified atom stereocenters. The van der Waals surface area contributed by atoms with Crippen molar-refractivity contribution >= 4 is 27.3 Å². The summed E-state index contributed by atoms with van der Waals surface area (Å²) >= 11 is 6.32. The van der Waals surface area contributed by atoms with Crippen molar-refractivity contribution in [2.24, 2.45) is 0 Å². The van der Waals surface area contributed by atoms with Crippen LogP contribution < -0.4 is 0 Å². The van der Waals surface area contributed by atoms with Gasteiger partial charge in [0.15, 0.2) is 0 Å². The van der Waals surface area contributed by atoms with E-state index in [9.17, 15) is 22.0 Å². The summed E-state index contributed by atoms with van der Waals surface area (Å²) in [5, 5.41) is 0.717. The zero-order valence-electron chi connectivity index (χ0n) is 16.4. The third-order valence-corrected chi connectivity index (χ3v) is 8.06. The van der Waals surface area contributed by atoms with Crippen LogP contribution in [0.3, 0.4) is 0 Å². The smallest absolute Gasteiger partial charge is 0.338 e. The zero-order valence-corrected chi connectivity index (χ0v) is 18.0. The Balaban J connectivity index is 1.50. The Labute approximate surface area is 178 Å². The molecule has 0 radical (unpaired) electrons. The topological polar surface area (TPSA) is 62.6 Å². The average Bonchev–Trinajstić information content (AvgIpc) is 3.12. The second kappa shape index (κ2) is 7.62. The number of halogens is 3. The number of piperidine rings is 1. The largest absolute Gasteiger partial charge is 0.341 e. The molecule has 2 aliphatic rings. The zero-order chi connectivity index (χ0) is 21.7. The quantitative estimate of drug-likeness (QED) is 0.710. The van der Waals surface area contributed by atoms with Gasteiger partial charge in [0, 0.05) is 37.4 Å². The van der Waals surface area contributed by atoms with Crippen LogP contribution in [-0.2, 0) is 21.9 Å². The highest BCUT2D eigenvalue weighted by Gasteiger charge is 2.44. The predicted molar refractivity (Wildman–Crippen MR) is 109 cm³/mol. The van der Waals surface area contributed by atoms with Gasteiger partial charge in [-0.25, -0.2) is 8.42 Å². The van der Waals surface area contributed by atoms with E-state index < -0.39 is 20.5 Å². The number of alkyl halides is 2. The Hall–Kier alpha value is -1.97. The number of sulfone groups is 1. The molecule has 162 valence electrons. The van der Waals surface area contributed by atoms with E-state index in [0.29, 0.717) is 13.1 Å². The maximum absolute atomic E-state index is 12.9. The fourth-order valence-corrected chi connectivity index (χ4v) is 5.49. The first-order chi connectivity index (χ1) is 14.2. The number of hydrogen-bond donors (Lipinski definition) is 0. The van der Waals surface area contributed by atoms with Gasteiger partial charge in [-0.3, -0.25) is 9.69 Å². The molecular weight excluding hydrogens is 436 g/mol. The first-order valence-electron chi connectivity index (χ1n) is 9.65. The molecule has 1 fully saturated rings. The lowest BCUT2D eigenvalue weighted by Crippen LogP contribution is -2.56. The molecule has 1 aromatic heterocycles. The van der Waals surface area contributed by atoms with Gasteiger partial charge < -0.3 is 9.47 Å². The van der Waals surface area contributed by atoms with Gasteiger partial charge in [-0.2, -0.15) is 8.78 Å². The lowest BCUT2D eigenvalue weighted by molar-refractivity contribution is 0.0131. The summed E-state index contributed by atoms with van der Waals surface area (Å²) in [5.74, 6) is -3.73. The van der Waals surface area contributed by atoms with Crippen molar-refractivity contribution in [1.29, 1.82) is 0 Å². The molecule has 0 saturated carbocycles. The number of carbonyl (C=O) groups excluding carboxylic acids is 1. The van der Waals surface area contributed by atoms with E-state index in [1.165, 1.54) is 12.1 Å². The van der Waals surface area contributed by atoms with Crippen molar-refractivity contribution in [2.75, 3.05) is 26.7 Å². The third-order valence-electron chi connectivity index (χ3n) is 6.34. The number of rotatable bonds is 3. The molecule has 1 aromatic carbocycles. The van der Waals surface area contributed by atoms with E-state index in [4.69, 9.17) is 11.6 Å². The number of carbonyl (C=O) groups is 1.